The molecule has 0 atom stereocenters. The number of hydrogen-bond acceptors (Lipinski definition) is 7. The molecule has 8 nitrogen and oxygen atoms in total. The summed E-state index contributed by atoms with van der Waals surface area (Å²) < 4.78 is 1.76. The minimum absolute atomic E-state index is 0.361. The quantitative estimate of drug-likeness (QED) is 0.369. The molecular formula is C27H31N7O. The first kappa shape index (κ1) is 23.1. The fraction of sp³-hybridized carbons (Fsp3) is 0.333. The molecule has 0 unspecified atom stereocenters. The van der Waals surface area contributed by atoms with Gasteiger partial charge in [0.1, 0.15) is 5.69 Å². The van der Waals surface area contributed by atoms with Gasteiger partial charge in [-0.15, -0.1) is 0 Å². The minimum atomic E-state index is -0.895. The smallest absolute Gasteiger partial charge is 0.227 e. The summed E-state index contributed by atoms with van der Waals surface area (Å²) in [5.74, 6) is 1.14. The van der Waals surface area contributed by atoms with Gasteiger partial charge in [-0.05, 0) is 81.6 Å². The third-order valence-corrected chi connectivity index (χ3v) is 6.15. The van der Waals surface area contributed by atoms with E-state index >= 15 is 0 Å². The second-order valence-corrected chi connectivity index (χ2v) is 9.68. The summed E-state index contributed by atoms with van der Waals surface area (Å²) >= 11 is 0. The summed E-state index contributed by atoms with van der Waals surface area (Å²) in [7, 11) is 0. The average molecular weight is 470 g/mol. The van der Waals surface area contributed by atoms with Crippen molar-refractivity contribution in [3.8, 4) is 22.5 Å². The van der Waals surface area contributed by atoms with Crippen LogP contribution in [0.5, 0.6) is 0 Å². The molecular weight excluding hydrogens is 438 g/mol. The van der Waals surface area contributed by atoms with Crippen molar-refractivity contribution in [3.63, 3.8) is 0 Å². The van der Waals surface area contributed by atoms with Crippen molar-refractivity contribution in [2.24, 2.45) is 0 Å². The van der Waals surface area contributed by atoms with Crippen LogP contribution in [-0.4, -0.2) is 48.5 Å². The maximum Gasteiger partial charge on any atom is 0.227 e. The Morgan fingerprint density at radius 2 is 1.89 bits per heavy atom. The highest BCUT2D eigenvalue weighted by Gasteiger charge is 2.20. The van der Waals surface area contributed by atoms with Crippen LogP contribution < -0.4 is 10.6 Å². The summed E-state index contributed by atoms with van der Waals surface area (Å²) in [5.41, 5.74) is 4.69. The molecule has 0 radical (unpaired) electrons. The Labute approximate surface area is 205 Å². The molecule has 5 rings (SSSR count). The summed E-state index contributed by atoms with van der Waals surface area (Å²) in [6.07, 6.45) is 9.54. The number of aromatic nitrogens is 5. The second-order valence-electron chi connectivity index (χ2n) is 9.68. The zero-order chi connectivity index (χ0) is 24.3. The van der Waals surface area contributed by atoms with E-state index < -0.39 is 5.60 Å². The number of pyridine rings is 1. The van der Waals surface area contributed by atoms with Gasteiger partial charge in [0.2, 0.25) is 5.95 Å². The van der Waals surface area contributed by atoms with Crippen LogP contribution in [-0.2, 0) is 6.54 Å². The molecule has 0 amide bonds. The molecule has 35 heavy (non-hydrogen) atoms. The molecule has 1 saturated heterocycles. The molecule has 1 aliphatic rings. The Bertz CT molecular complexity index is 1260. The Morgan fingerprint density at radius 1 is 1.09 bits per heavy atom. The standard InChI is InChI=1S/C27H31N7O/c1-27(2,35)18-34-17-23(25(33-34)21-4-3-12-29-16-21)24-11-15-30-26(32-24)31-22-7-5-19(6-8-22)20-9-13-28-14-10-20/h3-8,11-12,15-17,20,28,35H,9-10,13-14,18H2,1-2H3,(H,30,31,32). The minimum Gasteiger partial charge on any atom is -0.389 e. The monoisotopic (exact) mass is 469 g/mol. The van der Waals surface area contributed by atoms with Crippen LogP contribution in [0.25, 0.3) is 22.5 Å². The summed E-state index contributed by atoms with van der Waals surface area (Å²) in [5, 5.41) is 21.8. The maximum atomic E-state index is 10.3. The molecule has 180 valence electrons. The van der Waals surface area contributed by atoms with E-state index in [-0.39, 0.29) is 0 Å². The largest absolute Gasteiger partial charge is 0.389 e. The van der Waals surface area contributed by atoms with Crippen LogP contribution in [0.3, 0.4) is 0 Å². The number of nitrogens with zero attached hydrogens (tertiary/aromatic N) is 5. The van der Waals surface area contributed by atoms with Crippen molar-refractivity contribution in [1.82, 2.24) is 30.0 Å². The van der Waals surface area contributed by atoms with Crippen LogP contribution in [0.2, 0.25) is 0 Å². The van der Waals surface area contributed by atoms with Crippen molar-refractivity contribution in [1.29, 1.82) is 0 Å². The molecule has 1 aromatic carbocycles. The van der Waals surface area contributed by atoms with Crippen molar-refractivity contribution >= 4 is 11.6 Å². The highest BCUT2D eigenvalue weighted by molar-refractivity contribution is 5.78. The van der Waals surface area contributed by atoms with Gasteiger partial charge in [0.15, 0.2) is 0 Å². The molecule has 3 aromatic heterocycles. The van der Waals surface area contributed by atoms with E-state index in [2.05, 4.69) is 44.9 Å². The normalized spacial score (nSPS) is 14.7. The van der Waals surface area contributed by atoms with E-state index in [0.29, 0.717) is 18.4 Å². The molecule has 4 heterocycles. The number of hydrogen-bond donors (Lipinski definition) is 3. The first-order valence-corrected chi connectivity index (χ1v) is 12.1. The molecule has 0 spiro atoms. The van der Waals surface area contributed by atoms with E-state index in [0.717, 1.165) is 41.3 Å². The van der Waals surface area contributed by atoms with Gasteiger partial charge in [-0.2, -0.15) is 5.10 Å². The van der Waals surface area contributed by atoms with Gasteiger partial charge in [0.05, 0.1) is 17.8 Å². The molecule has 1 aliphatic heterocycles. The van der Waals surface area contributed by atoms with Crippen LogP contribution in [0.4, 0.5) is 11.6 Å². The van der Waals surface area contributed by atoms with Crippen molar-refractivity contribution < 1.29 is 5.11 Å². The van der Waals surface area contributed by atoms with Crippen LogP contribution in [0, 0.1) is 0 Å². The predicted molar refractivity (Wildman–Crippen MR) is 137 cm³/mol. The van der Waals surface area contributed by atoms with Gasteiger partial charge in [-0.3, -0.25) is 9.67 Å². The SMILES string of the molecule is CC(C)(O)Cn1cc(-c2ccnc(Nc3ccc(C4CCNCC4)cc3)n2)c(-c2cccnc2)n1. The maximum absolute atomic E-state index is 10.3. The highest BCUT2D eigenvalue weighted by atomic mass is 16.3. The van der Waals surface area contributed by atoms with E-state index in [1.54, 1.807) is 37.1 Å². The van der Waals surface area contributed by atoms with Gasteiger partial charge in [-0.1, -0.05) is 12.1 Å². The average Bonchev–Trinajstić information content (AvgIpc) is 3.28. The fourth-order valence-corrected chi connectivity index (χ4v) is 4.49. The lowest BCUT2D eigenvalue weighted by molar-refractivity contribution is 0.0578. The van der Waals surface area contributed by atoms with Crippen molar-refractivity contribution in [3.05, 3.63) is 72.8 Å². The third kappa shape index (κ3) is 5.72. The zero-order valence-electron chi connectivity index (χ0n) is 20.1. The van der Waals surface area contributed by atoms with E-state index in [1.165, 1.54) is 18.4 Å². The van der Waals surface area contributed by atoms with E-state index in [9.17, 15) is 5.11 Å². The lowest BCUT2D eigenvalue weighted by Gasteiger charge is -2.23. The molecule has 0 bridgehead atoms. The van der Waals surface area contributed by atoms with E-state index in [1.807, 2.05) is 24.4 Å². The number of rotatable bonds is 7. The second kappa shape index (κ2) is 9.93. The Hall–Kier alpha value is -3.62. The topological polar surface area (TPSA) is 101 Å². The molecule has 4 aromatic rings. The summed E-state index contributed by atoms with van der Waals surface area (Å²) in [6, 6.07) is 14.3. The number of benzene rings is 1. The van der Waals surface area contributed by atoms with Crippen LogP contribution >= 0.6 is 0 Å². The van der Waals surface area contributed by atoms with Crippen LogP contribution in [0.1, 0.15) is 38.2 Å². The van der Waals surface area contributed by atoms with Gasteiger partial charge < -0.3 is 15.7 Å². The predicted octanol–water partition coefficient (Wildman–Crippen LogP) is 4.38. The summed E-state index contributed by atoms with van der Waals surface area (Å²) in [6.45, 7) is 6.06. The third-order valence-electron chi connectivity index (χ3n) is 6.15. The molecule has 1 fully saturated rings. The lowest BCUT2D eigenvalue weighted by atomic mass is 9.90. The fourth-order valence-electron chi connectivity index (χ4n) is 4.49. The van der Waals surface area contributed by atoms with Gasteiger partial charge in [0.25, 0.3) is 0 Å². The molecule has 3 N–H and O–H groups in total. The van der Waals surface area contributed by atoms with Crippen LogP contribution in [0.15, 0.2) is 67.3 Å². The Morgan fingerprint density at radius 3 is 2.60 bits per heavy atom. The Kier molecular flexibility index (Phi) is 6.57. The first-order chi connectivity index (χ1) is 16.9. The van der Waals surface area contributed by atoms with Gasteiger partial charge >= 0.3 is 0 Å². The molecule has 0 aliphatic carbocycles. The van der Waals surface area contributed by atoms with Gasteiger partial charge in [-0.25, -0.2) is 9.97 Å². The number of anilines is 2. The van der Waals surface area contributed by atoms with Crippen molar-refractivity contribution in [2.45, 2.75) is 44.8 Å². The number of aliphatic hydroxyl groups is 1. The number of nitrogens with one attached hydrogen (secondary N) is 2. The number of piperidine rings is 1. The Balaban J connectivity index is 1.41. The molecule has 0 saturated carbocycles. The van der Waals surface area contributed by atoms with E-state index in [4.69, 9.17) is 10.1 Å². The summed E-state index contributed by atoms with van der Waals surface area (Å²) in [4.78, 5) is 13.5. The lowest BCUT2D eigenvalue weighted by Crippen LogP contribution is -2.26. The van der Waals surface area contributed by atoms with Gasteiger partial charge in [0, 0.05) is 41.6 Å². The van der Waals surface area contributed by atoms with Crippen molar-refractivity contribution in [2.75, 3.05) is 18.4 Å². The highest BCUT2D eigenvalue weighted by Crippen LogP contribution is 2.31. The zero-order valence-corrected chi connectivity index (χ0v) is 20.1. The molecule has 8 heteroatoms. The first-order valence-electron chi connectivity index (χ1n) is 12.1.